The summed E-state index contributed by atoms with van der Waals surface area (Å²) in [6.45, 7) is 1.91. The van der Waals surface area contributed by atoms with Gasteiger partial charge in [0.25, 0.3) is 0 Å². The Hall–Kier alpha value is -1.35. The van der Waals surface area contributed by atoms with Gasteiger partial charge in [-0.15, -0.1) is 11.3 Å². The van der Waals surface area contributed by atoms with Crippen LogP contribution >= 0.6 is 11.3 Å². The van der Waals surface area contributed by atoms with Crippen molar-refractivity contribution in [2.75, 3.05) is 7.05 Å². The summed E-state index contributed by atoms with van der Waals surface area (Å²) in [6.07, 6.45) is 0. The third kappa shape index (κ3) is 1.30. The average Bonchev–Trinajstić information content (AvgIpc) is 2.56. The molecule has 0 radical (unpaired) electrons. The Morgan fingerprint density at radius 1 is 1.36 bits per heavy atom. The van der Waals surface area contributed by atoms with Gasteiger partial charge in [0.05, 0.1) is 10.6 Å². The molecule has 0 aliphatic carbocycles. The van der Waals surface area contributed by atoms with Crippen LogP contribution in [0.2, 0.25) is 0 Å². The van der Waals surface area contributed by atoms with Crippen molar-refractivity contribution in [3.63, 3.8) is 0 Å². The SMILES string of the molecule is CN=C(C)c1sc2ccccc2c1O. The molecule has 2 nitrogen and oxygen atoms in total. The van der Waals surface area contributed by atoms with Gasteiger partial charge in [-0.3, -0.25) is 4.99 Å². The van der Waals surface area contributed by atoms with Crippen molar-refractivity contribution in [1.29, 1.82) is 0 Å². The number of hydrogen-bond donors (Lipinski definition) is 1. The summed E-state index contributed by atoms with van der Waals surface area (Å²) in [5.74, 6) is 0.355. The molecule has 0 saturated carbocycles. The number of aromatic hydroxyl groups is 1. The Balaban J connectivity index is 2.75. The van der Waals surface area contributed by atoms with Gasteiger partial charge >= 0.3 is 0 Å². The maximum Gasteiger partial charge on any atom is 0.143 e. The topological polar surface area (TPSA) is 32.6 Å². The van der Waals surface area contributed by atoms with Gasteiger partial charge in [-0.1, -0.05) is 12.1 Å². The highest BCUT2D eigenvalue weighted by Crippen LogP contribution is 2.36. The zero-order valence-electron chi connectivity index (χ0n) is 8.11. The molecule has 72 valence electrons. The van der Waals surface area contributed by atoms with Crippen LogP contribution < -0.4 is 0 Å². The molecule has 2 rings (SSSR count). The van der Waals surface area contributed by atoms with Crippen molar-refractivity contribution < 1.29 is 5.11 Å². The minimum atomic E-state index is 0.355. The summed E-state index contributed by atoms with van der Waals surface area (Å²) in [4.78, 5) is 4.95. The first kappa shape index (κ1) is 9.21. The van der Waals surface area contributed by atoms with Crippen LogP contribution in [0, 0.1) is 0 Å². The highest BCUT2D eigenvalue weighted by Gasteiger charge is 2.11. The van der Waals surface area contributed by atoms with Crippen molar-refractivity contribution in [2.45, 2.75) is 6.92 Å². The van der Waals surface area contributed by atoms with Crippen LogP contribution in [0.5, 0.6) is 5.75 Å². The standard InChI is InChI=1S/C11H11NOS/c1-7(12-2)11-10(13)8-5-3-4-6-9(8)14-11/h3-6,13H,1-2H3. The van der Waals surface area contributed by atoms with E-state index in [4.69, 9.17) is 0 Å². The number of fused-ring (bicyclic) bond motifs is 1. The van der Waals surface area contributed by atoms with Crippen molar-refractivity contribution in [1.82, 2.24) is 0 Å². The van der Waals surface area contributed by atoms with Crippen LogP contribution in [0.4, 0.5) is 0 Å². The predicted octanol–water partition coefficient (Wildman–Crippen LogP) is 3.05. The summed E-state index contributed by atoms with van der Waals surface area (Å²) in [7, 11) is 1.74. The largest absolute Gasteiger partial charge is 0.506 e. The lowest BCUT2D eigenvalue weighted by Crippen LogP contribution is -1.89. The second-order valence-electron chi connectivity index (χ2n) is 3.08. The van der Waals surface area contributed by atoms with E-state index in [1.54, 1.807) is 18.4 Å². The molecule has 3 heteroatoms. The predicted molar refractivity (Wildman–Crippen MR) is 61.6 cm³/mol. The third-order valence-electron chi connectivity index (χ3n) is 2.23. The monoisotopic (exact) mass is 205 g/mol. The zero-order valence-corrected chi connectivity index (χ0v) is 8.93. The number of benzene rings is 1. The van der Waals surface area contributed by atoms with Gasteiger partial charge in [-0.25, -0.2) is 0 Å². The van der Waals surface area contributed by atoms with Crippen LogP contribution in [0.1, 0.15) is 11.8 Å². The summed E-state index contributed by atoms with van der Waals surface area (Å²) in [6, 6.07) is 7.83. The minimum Gasteiger partial charge on any atom is -0.506 e. The molecule has 0 unspecified atom stereocenters. The first-order valence-electron chi connectivity index (χ1n) is 4.38. The van der Waals surface area contributed by atoms with Crippen molar-refractivity contribution in [3.05, 3.63) is 29.1 Å². The smallest absolute Gasteiger partial charge is 0.143 e. The maximum atomic E-state index is 9.92. The van der Waals surface area contributed by atoms with Gasteiger partial charge in [0.15, 0.2) is 0 Å². The molecule has 0 bridgehead atoms. The quantitative estimate of drug-likeness (QED) is 0.713. The van der Waals surface area contributed by atoms with Gasteiger partial charge in [0, 0.05) is 17.1 Å². The fourth-order valence-corrected chi connectivity index (χ4v) is 2.47. The molecule has 0 aliphatic heterocycles. The molecular weight excluding hydrogens is 194 g/mol. The number of aliphatic imine (C=N–C) groups is 1. The van der Waals surface area contributed by atoms with E-state index in [9.17, 15) is 5.11 Å². The van der Waals surface area contributed by atoms with Crippen molar-refractivity contribution >= 4 is 27.1 Å². The highest BCUT2D eigenvalue weighted by molar-refractivity contribution is 7.21. The summed E-state index contributed by atoms with van der Waals surface area (Å²) in [5.41, 5.74) is 0.878. The second kappa shape index (κ2) is 3.42. The Labute approximate surface area is 86.5 Å². The van der Waals surface area contributed by atoms with Gasteiger partial charge in [0.2, 0.25) is 0 Å². The summed E-state index contributed by atoms with van der Waals surface area (Å²) < 4.78 is 1.10. The Kier molecular flexibility index (Phi) is 2.25. The molecule has 0 fully saturated rings. The zero-order chi connectivity index (χ0) is 10.1. The third-order valence-corrected chi connectivity index (χ3v) is 3.50. The van der Waals surface area contributed by atoms with Gasteiger partial charge in [-0.2, -0.15) is 0 Å². The van der Waals surface area contributed by atoms with Crippen molar-refractivity contribution in [2.24, 2.45) is 4.99 Å². The fraction of sp³-hybridized carbons (Fsp3) is 0.182. The normalized spacial score (nSPS) is 12.3. The summed E-state index contributed by atoms with van der Waals surface area (Å²) in [5, 5.41) is 10.8. The van der Waals surface area contributed by atoms with Crippen LogP contribution in [0.15, 0.2) is 29.3 Å². The molecule has 1 aromatic heterocycles. The maximum absolute atomic E-state index is 9.92. The Morgan fingerprint density at radius 3 is 2.71 bits per heavy atom. The van der Waals surface area contributed by atoms with E-state index in [1.807, 2.05) is 31.2 Å². The first-order valence-corrected chi connectivity index (χ1v) is 5.20. The number of nitrogens with zero attached hydrogens (tertiary/aromatic N) is 1. The van der Waals surface area contributed by atoms with E-state index in [-0.39, 0.29) is 0 Å². The molecule has 0 aliphatic rings. The van der Waals surface area contributed by atoms with E-state index in [0.717, 1.165) is 20.7 Å². The molecule has 1 heterocycles. The lowest BCUT2D eigenvalue weighted by molar-refractivity contribution is 0.482. The van der Waals surface area contributed by atoms with Gasteiger partial charge < -0.3 is 5.11 Å². The number of hydrogen-bond acceptors (Lipinski definition) is 3. The number of rotatable bonds is 1. The van der Waals surface area contributed by atoms with E-state index >= 15 is 0 Å². The molecule has 0 atom stereocenters. The lowest BCUT2D eigenvalue weighted by atomic mass is 10.2. The molecule has 14 heavy (non-hydrogen) atoms. The summed E-state index contributed by atoms with van der Waals surface area (Å²) >= 11 is 1.58. The molecule has 0 amide bonds. The molecule has 0 spiro atoms. The average molecular weight is 205 g/mol. The second-order valence-corrected chi connectivity index (χ2v) is 4.14. The first-order chi connectivity index (χ1) is 6.74. The minimum absolute atomic E-state index is 0.355. The fourth-order valence-electron chi connectivity index (χ4n) is 1.38. The van der Waals surface area contributed by atoms with Crippen molar-refractivity contribution in [3.8, 4) is 5.75 Å². The van der Waals surface area contributed by atoms with E-state index in [1.165, 1.54) is 0 Å². The van der Waals surface area contributed by atoms with E-state index in [0.29, 0.717) is 5.75 Å². The molecule has 2 aromatic rings. The van der Waals surface area contributed by atoms with E-state index < -0.39 is 0 Å². The Morgan fingerprint density at radius 2 is 2.07 bits per heavy atom. The van der Waals surface area contributed by atoms with E-state index in [2.05, 4.69) is 4.99 Å². The number of thiophene rings is 1. The Bertz CT molecular complexity index is 499. The lowest BCUT2D eigenvalue weighted by Gasteiger charge is -1.94. The van der Waals surface area contributed by atoms with Gasteiger partial charge in [0.1, 0.15) is 5.75 Å². The molecule has 1 aromatic carbocycles. The van der Waals surface area contributed by atoms with Crippen LogP contribution in [-0.2, 0) is 0 Å². The van der Waals surface area contributed by atoms with Crippen LogP contribution in [0.3, 0.4) is 0 Å². The van der Waals surface area contributed by atoms with Crippen LogP contribution in [-0.4, -0.2) is 17.9 Å². The van der Waals surface area contributed by atoms with Crippen LogP contribution in [0.25, 0.3) is 10.1 Å². The van der Waals surface area contributed by atoms with Gasteiger partial charge in [-0.05, 0) is 19.1 Å². The molecular formula is C11H11NOS. The molecule has 1 N–H and O–H groups in total. The molecule has 0 saturated heterocycles. The highest BCUT2D eigenvalue weighted by atomic mass is 32.1.